The predicted octanol–water partition coefficient (Wildman–Crippen LogP) is 0.759. The van der Waals surface area contributed by atoms with Crippen molar-refractivity contribution in [2.75, 3.05) is 42.0 Å². The first-order chi connectivity index (χ1) is 13.5. The van der Waals surface area contributed by atoms with Crippen molar-refractivity contribution in [1.82, 2.24) is 4.57 Å². The van der Waals surface area contributed by atoms with Gasteiger partial charge < -0.3 is 38.1 Å². The maximum absolute atomic E-state index is 12.4. The largest absolute Gasteiger partial charge is 0.507 e. The van der Waals surface area contributed by atoms with Crippen LogP contribution in [0, 0.1) is 0 Å². The zero-order valence-electron chi connectivity index (χ0n) is 17.3. The van der Waals surface area contributed by atoms with Crippen LogP contribution >= 0.6 is 0 Å². The molecule has 0 amide bonds. The lowest BCUT2D eigenvalue weighted by Crippen LogP contribution is -2.38. The molecule has 9 heteroatoms. The average Bonchev–Trinajstić information content (AvgIpc) is 2.99. The van der Waals surface area contributed by atoms with Gasteiger partial charge in [-0.25, -0.2) is 0 Å². The van der Waals surface area contributed by atoms with E-state index >= 15 is 0 Å². The molecule has 1 aliphatic rings. The van der Waals surface area contributed by atoms with E-state index < -0.39 is 30.3 Å². The molecule has 28 heavy (non-hydrogen) atoms. The van der Waals surface area contributed by atoms with Crippen molar-refractivity contribution in [1.29, 1.82) is 0 Å². The molecule has 5 atom stereocenters. The molecule has 1 heterocycles. The number of nitrogens with zero attached hydrogens (tertiary/aromatic N) is 1. The van der Waals surface area contributed by atoms with E-state index in [0.29, 0.717) is 17.5 Å². The highest BCUT2D eigenvalue weighted by Gasteiger charge is 2.54. The molecule has 1 aliphatic carbocycles. The Kier molecular flexibility index (Phi) is 8.41. The Morgan fingerprint density at radius 3 is 1.86 bits per heavy atom. The van der Waals surface area contributed by atoms with Crippen molar-refractivity contribution in [2.45, 2.75) is 43.7 Å². The Morgan fingerprint density at radius 2 is 1.46 bits per heavy atom. The van der Waals surface area contributed by atoms with Gasteiger partial charge in [0.15, 0.2) is 0 Å². The Morgan fingerprint density at radius 1 is 0.964 bits per heavy atom. The summed E-state index contributed by atoms with van der Waals surface area (Å²) in [5, 5.41) is 10.9. The van der Waals surface area contributed by atoms with Crippen molar-refractivity contribution in [3.8, 4) is 5.75 Å². The van der Waals surface area contributed by atoms with Gasteiger partial charge in [0.05, 0.1) is 17.8 Å². The zero-order chi connectivity index (χ0) is 20.8. The number of methoxy groups -OCH3 is 4. The van der Waals surface area contributed by atoms with Gasteiger partial charge in [-0.15, -0.1) is 0 Å². The van der Waals surface area contributed by atoms with E-state index in [1.54, 1.807) is 27.5 Å². The fourth-order valence-electron chi connectivity index (χ4n) is 3.93. The third-order valence-corrected chi connectivity index (χ3v) is 5.16. The summed E-state index contributed by atoms with van der Waals surface area (Å²) in [5.41, 5.74) is 0.630. The van der Waals surface area contributed by atoms with Crippen molar-refractivity contribution < 1.29 is 33.5 Å². The van der Waals surface area contributed by atoms with Crippen LogP contribution in [0.15, 0.2) is 11.0 Å². The molecule has 0 saturated heterocycles. The van der Waals surface area contributed by atoms with Crippen LogP contribution in [0.2, 0.25) is 0 Å². The highest BCUT2D eigenvalue weighted by atomic mass is 16.7. The maximum atomic E-state index is 12.4. The molecule has 0 bridgehead atoms. The minimum atomic E-state index is -0.537. The van der Waals surface area contributed by atoms with Crippen LogP contribution in [-0.2, 0) is 41.9 Å². The van der Waals surface area contributed by atoms with E-state index in [4.69, 9.17) is 28.4 Å². The van der Waals surface area contributed by atoms with E-state index in [1.165, 1.54) is 18.8 Å². The third-order valence-electron chi connectivity index (χ3n) is 5.16. The van der Waals surface area contributed by atoms with E-state index in [1.807, 2.05) is 6.92 Å². The van der Waals surface area contributed by atoms with Gasteiger partial charge >= 0.3 is 0 Å². The number of hydrogen-bond donors (Lipinski definition) is 1. The molecule has 1 unspecified atom stereocenters. The van der Waals surface area contributed by atoms with Crippen LogP contribution in [0.4, 0.5) is 0 Å². The van der Waals surface area contributed by atoms with Gasteiger partial charge in [0, 0.05) is 53.2 Å². The lowest BCUT2D eigenvalue weighted by atomic mass is 9.92. The molecule has 1 saturated carbocycles. The van der Waals surface area contributed by atoms with Crippen LogP contribution in [0.1, 0.15) is 24.0 Å². The zero-order valence-corrected chi connectivity index (χ0v) is 17.3. The van der Waals surface area contributed by atoms with E-state index in [2.05, 4.69) is 0 Å². The van der Waals surface area contributed by atoms with Crippen LogP contribution in [0.5, 0.6) is 5.75 Å². The van der Waals surface area contributed by atoms with Crippen LogP contribution < -0.4 is 5.56 Å². The lowest BCUT2D eigenvalue weighted by molar-refractivity contribution is -0.141. The van der Waals surface area contributed by atoms with E-state index in [9.17, 15) is 9.90 Å². The molecule has 0 aromatic carbocycles. The quantitative estimate of drug-likeness (QED) is 0.574. The third kappa shape index (κ3) is 4.24. The smallest absolute Gasteiger partial charge is 0.257 e. The summed E-state index contributed by atoms with van der Waals surface area (Å²) >= 11 is 0. The second kappa shape index (κ2) is 10.3. The topological polar surface area (TPSA) is 97.6 Å². The maximum Gasteiger partial charge on any atom is 0.257 e. The molecule has 0 spiro atoms. The van der Waals surface area contributed by atoms with Crippen molar-refractivity contribution >= 4 is 0 Å². The van der Waals surface area contributed by atoms with Crippen molar-refractivity contribution in [2.24, 2.45) is 7.05 Å². The van der Waals surface area contributed by atoms with Gasteiger partial charge in [-0.2, -0.15) is 0 Å². The average molecular weight is 401 g/mol. The van der Waals surface area contributed by atoms with Crippen LogP contribution in [0.25, 0.3) is 0 Å². The van der Waals surface area contributed by atoms with Gasteiger partial charge in [0.2, 0.25) is 0 Å². The summed E-state index contributed by atoms with van der Waals surface area (Å²) in [5.74, 6) is -0.531. The molecule has 2 rings (SSSR count). The highest BCUT2D eigenvalue weighted by molar-refractivity contribution is 5.43. The number of pyridine rings is 1. The number of aryl methyl sites for hydroxylation is 1. The molecule has 1 N–H and O–H groups in total. The summed E-state index contributed by atoms with van der Waals surface area (Å²) in [6.45, 7) is 1.88. The van der Waals surface area contributed by atoms with E-state index in [0.717, 1.165) is 0 Å². The second-order valence-corrected chi connectivity index (χ2v) is 6.68. The van der Waals surface area contributed by atoms with E-state index in [-0.39, 0.29) is 24.9 Å². The van der Waals surface area contributed by atoms with Crippen LogP contribution in [0.3, 0.4) is 0 Å². The summed E-state index contributed by atoms with van der Waals surface area (Å²) in [6.07, 6.45) is -0.0242. The van der Waals surface area contributed by atoms with Crippen molar-refractivity contribution in [3.63, 3.8) is 0 Å². The molecule has 0 radical (unpaired) electrons. The lowest BCUT2D eigenvalue weighted by Gasteiger charge is -2.27. The van der Waals surface area contributed by atoms with Crippen LogP contribution in [-0.4, -0.2) is 76.1 Å². The number of ether oxygens (including phenoxy) is 6. The molecule has 9 nitrogen and oxygen atoms in total. The van der Waals surface area contributed by atoms with Gasteiger partial charge in [0.25, 0.3) is 5.56 Å². The summed E-state index contributed by atoms with van der Waals surface area (Å²) < 4.78 is 34.8. The predicted molar refractivity (Wildman–Crippen MR) is 101 cm³/mol. The van der Waals surface area contributed by atoms with Gasteiger partial charge in [-0.1, -0.05) is 6.92 Å². The fraction of sp³-hybridized carbons (Fsp3) is 0.737. The monoisotopic (exact) mass is 401 g/mol. The first-order valence-electron chi connectivity index (χ1n) is 9.14. The first-order valence-corrected chi connectivity index (χ1v) is 9.14. The number of hydrogen-bond acceptors (Lipinski definition) is 8. The standard InChI is InChI=1S/C19H31NO8/c1-7-11-14(21)12(8-20(2)19(11)22)13-15(27-9-23-3)17(25-5)18(26-6)16(13)28-10-24-4/h8,13,15-18,21H,7,9-10H2,1-6H3/t13?,15-,16+,17-,18+. The Balaban J connectivity index is 2.62. The minimum Gasteiger partial charge on any atom is -0.507 e. The molecule has 1 aromatic heterocycles. The second-order valence-electron chi connectivity index (χ2n) is 6.68. The SMILES string of the molecule is CCc1c(O)c(C2[C@@H](OCOC)[C@@H](OC)[C@@H](OC)[C@H]2OCOC)cn(C)c1=O. The normalized spacial score (nSPS) is 27.4. The Hall–Kier alpha value is -1.49. The Bertz CT molecular complexity index is 669. The number of aromatic hydroxyl groups is 1. The summed E-state index contributed by atoms with van der Waals surface area (Å²) in [6, 6.07) is 0. The molecular formula is C19H31NO8. The molecular weight excluding hydrogens is 370 g/mol. The molecule has 1 aromatic rings. The summed E-state index contributed by atoms with van der Waals surface area (Å²) in [7, 11) is 7.83. The Labute approximate surface area is 165 Å². The van der Waals surface area contributed by atoms with Gasteiger partial charge in [0.1, 0.15) is 31.5 Å². The molecule has 160 valence electrons. The van der Waals surface area contributed by atoms with Gasteiger partial charge in [-0.05, 0) is 6.42 Å². The number of aromatic nitrogens is 1. The molecule has 0 aliphatic heterocycles. The minimum absolute atomic E-state index is 0.0294. The fourth-order valence-corrected chi connectivity index (χ4v) is 3.93. The van der Waals surface area contributed by atoms with Gasteiger partial charge in [-0.3, -0.25) is 4.79 Å². The molecule has 1 fully saturated rings. The summed E-state index contributed by atoms with van der Waals surface area (Å²) in [4.78, 5) is 12.4. The first kappa shape index (κ1) is 22.8. The highest BCUT2D eigenvalue weighted by Crippen LogP contribution is 2.44. The van der Waals surface area contributed by atoms with Crippen molar-refractivity contribution in [3.05, 3.63) is 27.7 Å². The number of rotatable bonds is 10.